The third-order valence-electron chi connectivity index (χ3n) is 3.47. The highest BCUT2D eigenvalue weighted by Gasteiger charge is 2.14. The number of nitrogens with zero attached hydrogens (tertiary/aromatic N) is 1. The molecule has 27 heavy (non-hydrogen) atoms. The Bertz CT molecular complexity index is 772. The number of ether oxygens (including phenoxy) is 2. The van der Waals surface area contributed by atoms with E-state index in [1.807, 2.05) is 6.07 Å². The average molecular weight is 379 g/mol. The minimum absolute atomic E-state index is 0.0646. The number of aromatic nitrogens is 1. The number of carbonyl (C=O) groups excluding carboxylic acids is 2. The Morgan fingerprint density at radius 1 is 1.15 bits per heavy atom. The predicted octanol–water partition coefficient (Wildman–Crippen LogP) is 2.13. The van der Waals surface area contributed by atoms with Crippen LogP contribution in [0, 0.1) is 0 Å². The number of carbonyl (C=O) groups is 2. The molecule has 2 N–H and O–H groups in total. The van der Waals surface area contributed by atoms with Crippen LogP contribution >= 0.6 is 0 Å². The first-order chi connectivity index (χ1) is 13.0. The van der Waals surface area contributed by atoms with Crippen LogP contribution in [-0.4, -0.2) is 37.1 Å². The Morgan fingerprint density at radius 2 is 1.96 bits per heavy atom. The Labute approximate surface area is 154 Å². The van der Waals surface area contributed by atoms with Crippen LogP contribution in [0.2, 0.25) is 0 Å². The van der Waals surface area contributed by atoms with Gasteiger partial charge in [-0.2, -0.15) is 8.78 Å². The molecule has 2 rings (SSSR count). The van der Waals surface area contributed by atoms with Gasteiger partial charge in [0.2, 0.25) is 5.91 Å². The third kappa shape index (κ3) is 6.53. The summed E-state index contributed by atoms with van der Waals surface area (Å²) in [7, 11) is 1.30. The molecule has 0 aliphatic heterocycles. The molecule has 0 fully saturated rings. The lowest BCUT2D eigenvalue weighted by Gasteiger charge is -2.11. The van der Waals surface area contributed by atoms with Crippen LogP contribution in [0.5, 0.6) is 11.5 Å². The van der Waals surface area contributed by atoms with Crippen LogP contribution in [0.25, 0.3) is 0 Å². The van der Waals surface area contributed by atoms with Gasteiger partial charge < -0.3 is 20.1 Å². The highest BCUT2D eigenvalue weighted by atomic mass is 19.3. The van der Waals surface area contributed by atoms with Gasteiger partial charge in [0.25, 0.3) is 5.91 Å². The highest BCUT2D eigenvalue weighted by molar-refractivity contribution is 5.95. The van der Waals surface area contributed by atoms with E-state index in [1.165, 1.54) is 19.2 Å². The number of halogens is 2. The molecule has 0 bridgehead atoms. The van der Waals surface area contributed by atoms with Gasteiger partial charge in [-0.15, -0.1) is 0 Å². The number of pyridine rings is 1. The first kappa shape index (κ1) is 20.1. The Hall–Kier alpha value is -3.23. The van der Waals surface area contributed by atoms with Crippen molar-refractivity contribution < 1.29 is 27.8 Å². The van der Waals surface area contributed by atoms with E-state index in [2.05, 4.69) is 20.4 Å². The molecular formula is C18H19F2N3O4. The maximum atomic E-state index is 12.4. The zero-order valence-corrected chi connectivity index (χ0v) is 14.6. The van der Waals surface area contributed by atoms with Crippen LogP contribution in [0.3, 0.4) is 0 Å². The lowest BCUT2D eigenvalue weighted by atomic mass is 10.2. The molecule has 0 spiro atoms. The van der Waals surface area contributed by atoms with Gasteiger partial charge in [-0.1, -0.05) is 6.07 Å². The second-order valence-corrected chi connectivity index (χ2v) is 5.35. The lowest BCUT2D eigenvalue weighted by molar-refractivity contribution is -0.121. The van der Waals surface area contributed by atoms with Gasteiger partial charge in [-0.25, -0.2) is 0 Å². The molecule has 2 aromatic rings. The molecule has 1 aromatic carbocycles. The SMILES string of the molecule is COc1ccc(C(=O)NCCC(=O)NCc2ccccn2)cc1OC(F)F. The van der Waals surface area contributed by atoms with Crippen LogP contribution in [0.15, 0.2) is 42.6 Å². The molecule has 1 heterocycles. The second-order valence-electron chi connectivity index (χ2n) is 5.35. The molecule has 0 saturated carbocycles. The quantitative estimate of drug-likeness (QED) is 0.697. The van der Waals surface area contributed by atoms with Gasteiger partial charge in [-0.3, -0.25) is 14.6 Å². The fourth-order valence-corrected chi connectivity index (χ4v) is 2.18. The van der Waals surface area contributed by atoms with E-state index in [9.17, 15) is 18.4 Å². The zero-order chi connectivity index (χ0) is 19.6. The Kier molecular flexibility index (Phi) is 7.48. The molecule has 0 aliphatic carbocycles. The van der Waals surface area contributed by atoms with Gasteiger partial charge >= 0.3 is 6.61 Å². The van der Waals surface area contributed by atoms with Crippen LogP contribution < -0.4 is 20.1 Å². The summed E-state index contributed by atoms with van der Waals surface area (Å²) in [6.45, 7) is -2.66. The molecule has 0 unspecified atom stereocenters. The van der Waals surface area contributed by atoms with E-state index in [-0.39, 0.29) is 35.9 Å². The largest absolute Gasteiger partial charge is 0.493 e. The van der Waals surface area contributed by atoms with E-state index >= 15 is 0 Å². The highest BCUT2D eigenvalue weighted by Crippen LogP contribution is 2.29. The van der Waals surface area contributed by atoms with Crippen LogP contribution in [0.1, 0.15) is 22.5 Å². The summed E-state index contributed by atoms with van der Waals surface area (Å²) in [5.41, 5.74) is 0.833. The number of methoxy groups -OCH3 is 1. The zero-order valence-electron chi connectivity index (χ0n) is 14.6. The molecular weight excluding hydrogens is 360 g/mol. The number of alkyl halides is 2. The fourth-order valence-electron chi connectivity index (χ4n) is 2.18. The molecule has 0 aliphatic rings. The van der Waals surface area contributed by atoms with Crippen molar-refractivity contribution in [2.75, 3.05) is 13.7 Å². The first-order valence-corrected chi connectivity index (χ1v) is 8.07. The van der Waals surface area contributed by atoms with Crippen molar-refractivity contribution in [3.8, 4) is 11.5 Å². The van der Waals surface area contributed by atoms with Crippen molar-refractivity contribution in [2.45, 2.75) is 19.6 Å². The summed E-state index contributed by atoms with van der Waals surface area (Å²) < 4.78 is 34.1. The number of amides is 2. The van der Waals surface area contributed by atoms with Gasteiger partial charge in [0.1, 0.15) is 0 Å². The van der Waals surface area contributed by atoms with Crippen molar-refractivity contribution in [3.05, 3.63) is 53.9 Å². The predicted molar refractivity (Wildman–Crippen MR) is 92.7 cm³/mol. The number of benzene rings is 1. The number of hydrogen-bond acceptors (Lipinski definition) is 5. The summed E-state index contributed by atoms with van der Waals surface area (Å²) in [5, 5.41) is 5.23. The molecule has 0 radical (unpaired) electrons. The summed E-state index contributed by atoms with van der Waals surface area (Å²) in [4.78, 5) is 28.0. The standard InChI is InChI=1S/C18H19F2N3O4/c1-26-14-6-5-12(10-15(14)27-18(19)20)17(25)22-9-7-16(24)23-11-13-4-2-3-8-21-13/h2-6,8,10,18H,7,9,11H2,1H3,(H,22,25)(H,23,24). The van der Waals surface area contributed by atoms with E-state index in [1.54, 1.807) is 18.3 Å². The summed E-state index contributed by atoms with van der Waals surface area (Å²) in [6, 6.07) is 9.29. The monoisotopic (exact) mass is 379 g/mol. The number of hydrogen-bond donors (Lipinski definition) is 2. The Morgan fingerprint density at radius 3 is 2.63 bits per heavy atom. The maximum absolute atomic E-state index is 12.4. The number of rotatable bonds is 9. The van der Waals surface area contributed by atoms with Crippen LogP contribution in [-0.2, 0) is 11.3 Å². The Balaban J connectivity index is 1.82. The molecule has 9 heteroatoms. The third-order valence-corrected chi connectivity index (χ3v) is 3.47. The first-order valence-electron chi connectivity index (χ1n) is 8.07. The molecule has 1 aromatic heterocycles. The van der Waals surface area contributed by atoms with Crippen LogP contribution in [0.4, 0.5) is 8.78 Å². The molecule has 7 nitrogen and oxygen atoms in total. The molecule has 0 saturated heterocycles. The van der Waals surface area contributed by atoms with Gasteiger partial charge in [0.15, 0.2) is 11.5 Å². The molecule has 0 atom stereocenters. The minimum atomic E-state index is -3.04. The van der Waals surface area contributed by atoms with Crippen molar-refractivity contribution >= 4 is 11.8 Å². The lowest BCUT2D eigenvalue weighted by Crippen LogP contribution is -2.30. The fraction of sp³-hybridized carbons (Fsp3) is 0.278. The van der Waals surface area contributed by atoms with Gasteiger partial charge in [0.05, 0.1) is 19.3 Å². The second kappa shape index (κ2) is 10.0. The van der Waals surface area contributed by atoms with Crippen molar-refractivity contribution in [3.63, 3.8) is 0 Å². The summed E-state index contributed by atoms with van der Waals surface area (Å²) in [5.74, 6) is -0.930. The summed E-state index contributed by atoms with van der Waals surface area (Å²) >= 11 is 0. The normalized spacial score (nSPS) is 10.4. The van der Waals surface area contributed by atoms with Gasteiger partial charge in [0, 0.05) is 24.7 Å². The van der Waals surface area contributed by atoms with E-state index in [0.29, 0.717) is 6.54 Å². The van der Waals surface area contributed by atoms with E-state index in [4.69, 9.17) is 4.74 Å². The van der Waals surface area contributed by atoms with Crippen molar-refractivity contribution in [1.29, 1.82) is 0 Å². The van der Waals surface area contributed by atoms with Crippen molar-refractivity contribution in [2.24, 2.45) is 0 Å². The smallest absolute Gasteiger partial charge is 0.387 e. The topological polar surface area (TPSA) is 89.5 Å². The number of nitrogens with one attached hydrogen (secondary N) is 2. The minimum Gasteiger partial charge on any atom is -0.493 e. The van der Waals surface area contributed by atoms with Crippen molar-refractivity contribution in [1.82, 2.24) is 15.6 Å². The molecule has 144 valence electrons. The van der Waals surface area contributed by atoms with E-state index < -0.39 is 12.5 Å². The molecule has 2 amide bonds. The maximum Gasteiger partial charge on any atom is 0.387 e. The summed E-state index contributed by atoms with van der Waals surface area (Å²) in [6.07, 6.45) is 1.69. The van der Waals surface area contributed by atoms with E-state index in [0.717, 1.165) is 11.8 Å². The van der Waals surface area contributed by atoms with Gasteiger partial charge in [-0.05, 0) is 30.3 Å². The average Bonchev–Trinajstić information content (AvgIpc) is 2.66.